The summed E-state index contributed by atoms with van der Waals surface area (Å²) in [6.45, 7) is 2.13. The van der Waals surface area contributed by atoms with Crippen LogP contribution in [0, 0.1) is 6.92 Å². The summed E-state index contributed by atoms with van der Waals surface area (Å²) in [6.07, 6.45) is 0. The van der Waals surface area contributed by atoms with Gasteiger partial charge in [0.25, 0.3) is 0 Å². The number of methoxy groups -OCH3 is 2. The first-order valence-electron chi connectivity index (χ1n) is 7.94. The highest BCUT2D eigenvalue weighted by Gasteiger charge is 2.10. The highest BCUT2D eigenvalue weighted by atomic mass is 32.2. The fraction of sp³-hybridized carbons (Fsp3) is 0.200. The van der Waals surface area contributed by atoms with E-state index in [0.717, 1.165) is 27.8 Å². The van der Waals surface area contributed by atoms with Crippen molar-refractivity contribution in [1.82, 2.24) is 10.2 Å². The molecule has 2 aromatic carbocycles. The Bertz CT molecular complexity index is 851. The van der Waals surface area contributed by atoms with Crippen molar-refractivity contribution in [3.63, 3.8) is 0 Å². The third-order valence-corrected chi connectivity index (χ3v) is 4.93. The van der Waals surface area contributed by atoms with Gasteiger partial charge in [-0.15, -0.1) is 10.2 Å². The van der Waals surface area contributed by atoms with Crippen molar-refractivity contribution in [2.75, 3.05) is 14.2 Å². The van der Waals surface area contributed by atoms with E-state index in [4.69, 9.17) is 9.47 Å². The molecule has 3 rings (SSSR count). The van der Waals surface area contributed by atoms with Gasteiger partial charge < -0.3 is 9.47 Å². The molecule has 0 amide bonds. The summed E-state index contributed by atoms with van der Waals surface area (Å²) in [5.74, 6) is 2.35. The first-order valence-corrected chi connectivity index (χ1v) is 8.93. The molecule has 0 N–H and O–H groups in total. The van der Waals surface area contributed by atoms with E-state index in [9.17, 15) is 0 Å². The van der Waals surface area contributed by atoms with Gasteiger partial charge in [-0.25, -0.2) is 0 Å². The second-order valence-corrected chi connectivity index (χ2v) is 6.53. The van der Waals surface area contributed by atoms with Gasteiger partial charge in [-0.2, -0.15) is 0 Å². The average molecular weight is 352 g/mol. The first kappa shape index (κ1) is 17.3. The lowest BCUT2D eigenvalue weighted by Gasteiger charge is -2.10. The predicted molar refractivity (Wildman–Crippen MR) is 101 cm³/mol. The molecule has 0 aliphatic carbocycles. The van der Waals surface area contributed by atoms with Crippen LogP contribution in [0.2, 0.25) is 0 Å². The SMILES string of the molecule is COc1ccc(-c2ccc(SCc3ccccc3C)nn2)c(OC)c1. The van der Waals surface area contributed by atoms with E-state index in [1.807, 2.05) is 30.3 Å². The molecule has 128 valence electrons. The Balaban J connectivity index is 1.75. The van der Waals surface area contributed by atoms with E-state index >= 15 is 0 Å². The topological polar surface area (TPSA) is 44.2 Å². The molecule has 25 heavy (non-hydrogen) atoms. The zero-order valence-corrected chi connectivity index (χ0v) is 15.3. The molecule has 0 fully saturated rings. The molecule has 3 aromatic rings. The standard InChI is InChI=1S/C20H20N2O2S/c1-14-6-4-5-7-15(14)13-25-20-11-10-18(21-22-20)17-9-8-16(23-2)12-19(17)24-3/h4-12H,13H2,1-3H3. The van der Waals surface area contributed by atoms with Crippen LogP contribution in [0.4, 0.5) is 0 Å². The summed E-state index contributed by atoms with van der Waals surface area (Å²) in [6, 6.07) is 18.0. The molecule has 4 nitrogen and oxygen atoms in total. The van der Waals surface area contributed by atoms with Crippen LogP contribution >= 0.6 is 11.8 Å². The van der Waals surface area contributed by atoms with Crippen molar-refractivity contribution in [3.8, 4) is 22.8 Å². The van der Waals surface area contributed by atoms with E-state index in [0.29, 0.717) is 5.75 Å². The number of hydrogen-bond donors (Lipinski definition) is 0. The van der Waals surface area contributed by atoms with Gasteiger partial charge in [-0.05, 0) is 42.3 Å². The smallest absolute Gasteiger partial charge is 0.132 e. The molecule has 0 unspecified atom stereocenters. The van der Waals surface area contributed by atoms with E-state index in [2.05, 4.69) is 41.4 Å². The number of thioether (sulfide) groups is 1. The zero-order valence-electron chi connectivity index (χ0n) is 14.5. The molecular weight excluding hydrogens is 332 g/mol. The predicted octanol–water partition coefficient (Wildman–Crippen LogP) is 4.76. The summed E-state index contributed by atoms with van der Waals surface area (Å²) >= 11 is 1.68. The molecule has 0 saturated heterocycles. The van der Waals surface area contributed by atoms with Crippen molar-refractivity contribution < 1.29 is 9.47 Å². The molecule has 0 aliphatic heterocycles. The molecule has 0 atom stereocenters. The Morgan fingerprint density at radius 3 is 2.44 bits per heavy atom. The maximum Gasteiger partial charge on any atom is 0.132 e. The summed E-state index contributed by atoms with van der Waals surface area (Å²) in [5, 5.41) is 9.60. The van der Waals surface area contributed by atoms with Crippen LogP contribution in [-0.4, -0.2) is 24.4 Å². The number of ether oxygens (including phenoxy) is 2. The Morgan fingerprint density at radius 1 is 0.920 bits per heavy atom. The van der Waals surface area contributed by atoms with Gasteiger partial charge in [0, 0.05) is 17.4 Å². The minimum atomic E-state index is 0.717. The quantitative estimate of drug-likeness (QED) is 0.598. The van der Waals surface area contributed by atoms with Gasteiger partial charge in [-0.1, -0.05) is 36.0 Å². The molecule has 0 aliphatic rings. The number of aromatic nitrogens is 2. The third kappa shape index (κ3) is 4.12. The van der Waals surface area contributed by atoms with Crippen LogP contribution < -0.4 is 9.47 Å². The van der Waals surface area contributed by atoms with Crippen molar-refractivity contribution in [1.29, 1.82) is 0 Å². The Labute approximate surface area is 152 Å². The Kier molecular flexibility index (Phi) is 5.56. The van der Waals surface area contributed by atoms with Crippen molar-refractivity contribution in [2.45, 2.75) is 17.7 Å². The minimum Gasteiger partial charge on any atom is -0.497 e. The van der Waals surface area contributed by atoms with E-state index in [-0.39, 0.29) is 0 Å². The summed E-state index contributed by atoms with van der Waals surface area (Å²) in [4.78, 5) is 0. The van der Waals surface area contributed by atoms with E-state index in [1.54, 1.807) is 26.0 Å². The van der Waals surface area contributed by atoms with Crippen LogP contribution in [0.15, 0.2) is 59.6 Å². The monoisotopic (exact) mass is 352 g/mol. The summed E-state index contributed by atoms with van der Waals surface area (Å²) in [7, 11) is 3.27. The van der Waals surface area contributed by atoms with Crippen molar-refractivity contribution in [2.24, 2.45) is 0 Å². The maximum absolute atomic E-state index is 5.44. The number of rotatable bonds is 6. The molecule has 0 bridgehead atoms. The molecule has 1 heterocycles. The van der Waals surface area contributed by atoms with E-state index < -0.39 is 0 Å². The van der Waals surface area contributed by atoms with Crippen LogP contribution in [0.1, 0.15) is 11.1 Å². The van der Waals surface area contributed by atoms with Crippen LogP contribution in [-0.2, 0) is 5.75 Å². The van der Waals surface area contributed by atoms with Gasteiger partial charge in [0.2, 0.25) is 0 Å². The average Bonchev–Trinajstić information content (AvgIpc) is 2.67. The highest BCUT2D eigenvalue weighted by Crippen LogP contribution is 2.32. The van der Waals surface area contributed by atoms with Gasteiger partial charge in [0.1, 0.15) is 16.5 Å². The van der Waals surface area contributed by atoms with Crippen molar-refractivity contribution in [3.05, 3.63) is 65.7 Å². The molecular formula is C20H20N2O2S. The molecule has 1 aromatic heterocycles. The number of aryl methyl sites for hydroxylation is 1. The molecule has 0 radical (unpaired) electrons. The zero-order chi connectivity index (χ0) is 17.6. The second-order valence-electron chi connectivity index (χ2n) is 5.54. The minimum absolute atomic E-state index is 0.717. The maximum atomic E-state index is 5.44. The first-order chi connectivity index (χ1) is 12.2. The second kappa shape index (κ2) is 8.03. The third-order valence-electron chi connectivity index (χ3n) is 3.96. The van der Waals surface area contributed by atoms with Crippen molar-refractivity contribution >= 4 is 11.8 Å². The van der Waals surface area contributed by atoms with Gasteiger partial charge in [-0.3, -0.25) is 0 Å². The molecule has 0 spiro atoms. The Hall–Kier alpha value is -2.53. The van der Waals surface area contributed by atoms with Crippen LogP contribution in [0.3, 0.4) is 0 Å². The van der Waals surface area contributed by atoms with E-state index in [1.165, 1.54) is 11.1 Å². The Morgan fingerprint density at radius 2 is 1.76 bits per heavy atom. The molecule has 0 saturated carbocycles. The number of hydrogen-bond acceptors (Lipinski definition) is 5. The summed E-state index contributed by atoms with van der Waals surface area (Å²) < 4.78 is 10.7. The molecule has 5 heteroatoms. The van der Waals surface area contributed by atoms with Gasteiger partial charge in [0.15, 0.2) is 0 Å². The fourth-order valence-corrected chi connectivity index (χ4v) is 3.36. The van der Waals surface area contributed by atoms with Gasteiger partial charge in [0.05, 0.1) is 19.9 Å². The number of nitrogens with zero attached hydrogens (tertiary/aromatic N) is 2. The lowest BCUT2D eigenvalue weighted by Crippen LogP contribution is -1.94. The lowest BCUT2D eigenvalue weighted by atomic mass is 10.1. The fourth-order valence-electron chi connectivity index (χ4n) is 2.47. The highest BCUT2D eigenvalue weighted by molar-refractivity contribution is 7.98. The largest absolute Gasteiger partial charge is 0.497 e. The lowest BCUT2D eigenvalue weighted by molar-refractivity contribution is 0.395. The number of benzene rings is 2. The normalized spacial score (nSPS) is 10.5. The van der Waals surface area contributed by atoms with Gasteiger partial charge >= 0.3 is 0 Å². The van der Waals surface area contributed by atoms with Crippen LogP contribution in [0.25, 0.3) is 11.3 Å². The summed E-state index contributed by atoms with van der Waals surface area (Å²) in [5.41, 5.74) is 4.28. The van der Waals surface area contributed by atoms with Crippen LogP contribution in [0.5, 0.6) is 11.5 Å².